The molecule has 0 aromatic heterocycles. The quantitative estimate of drug-likeness (QED) is 0.383. The Kier molecular flexibility index (Phi) is 7.28. The highest BCUT2D eigenvalue weighted by Gasteiger charge is 2.33. The summed E-state index contributed by atoms with van der Waals surface area (Å²) in [6, 6.07) is 3.83. The van der Waals surface area contributed by atoms with Crippen molar-refractivity contribution >= 4 is 21.6 Å². The van der Waals surface area contributed by atoms with Gasteiger partial charge < -0.3 is 10.6 Å². The summed E-state index contributed by atoms with van der Waals surface area (Å²) in [5.41, 5.74) is 0.206. The number of piperidine rings is 1. The van der Waals surface area contributed by atoms with Gasteiger partial charge >= 0.3 is 0 Å². The molecule has 1 aromatic rings. The summed E-state index contributed by atoms with van der Waals surface area (Å²) in [4.78, 5) is 22.5. The Hall–Kier alpha value is -2.04. The van der Waals surface area contributed by atoms with Gasteiger partial charge in [-0.2, -0.15) is 4.31 Å². The van der Waals surface area contributed by atoms with E-state index in [0.717, 1.165) is 12.6 Å². The van der Waals surface area contributed by atoms with Crippen LogP contribution in [0.15, 0.2) is 23.1 Å². The molecular weight excluding hydrogens is 372 g/mol. The molecule has 1 aliphatic rings. The molecule has 1 saturated heterocycles. The van der Waals surface area contributed by atoms with Gasteiger partial charge in [0.25, 0.3) is 5.69 Å². The maximum absolute atomic E-state index is 12.9. The number of nitro groups is 1. The number of hydrogen-bond acceptors (Lipinski definition) is 6. The molecule has 1 heterocycles. The van der Waals surface area contributed by atoms with Gasteiger partial charge in [-0.1, -0.05) is 13.0 Å². The monoisotopic (exact) mass is 398 g/mol. The molecule has 27 heavy (non-hydrogen) atoms. The molecule has 1 aliphatic heterocycles. The summed E-state index contributed by atoms with van der Waals surface area (Å²) in [6.07, 6.45) is 0.862. The Labute approximate surface area is 159 Å². The van der Waals surface area contributed by atoms with Gasteiger partial charge in [-0.25, -0.2) is 8.42 Å². The van der Waals surface area contributed by atoms with Gasteiger partial charge in [0.1, 0.15) is 0 Å². The highest BCUT2D eigenvalue weighted by Crippen LogP contribution is 2.28. The van der Waals surface area contributed by atoms with Crippen LogP contribution in [0, 0.1) is 23.0 Å². The SMILES string of the molecule is CCNCCNC(=O)C1CCN(S(=O)(=O)c2cc([N+](=O)[O-])ccc2C)CC1. The molecule has 0 radical (unpaired) electrons. The third-order valence-corrected chi connectivity index (χ3v) is 6.72. The molecule has 0 bridgehead atoms. The first kappa shape index (κ1) is 21.3. The molecule has 1 amide bonds. The third-order valence-electron chi connectivity index (χ3n) is 4.68. The standard InChI is InChI=1S/C17H26N4O5S/c1-3-18-8-9-19-17(22)14-6-10-20(11-7-14)27(25,26)16-12-15(21(23)24)5-4-13(16)2/h4-5,12,14,18H,3,6-11H2,1-2H3,(H,19,22). The summed E-state index contributed by atoms with van der Waals surface area (Å²) < 4.78 is 27.1. The first-order chi connectivity index (χ1) is 12.8. The average molecular weight is 398 g/mol. The number of likely N-dealkylation sites (N-methyl/N-ethyl adjacent to an activating group) is 1. The van der Waals surface area contributed by atoms with Crippen molar-refractivity contribution in [2.45, 2.75) is 31.6 Å². The maximum Gasteiger partial charge on any atom is 0.270 e. The van der Waals surface area contributed by atoms with Gasteiger partial charge in [-0.15, -0.1) is 0 Å². The van der Waals surface area contributed by atoms with E-state index in [0.29, 0.717) is 31.5 Å². The lowest BCUT2D eigenvalue weighted by molar-refractivity contribution is -0.385. The van der Waals surface area contributed by atoms with Crippen molar-refractivity contribution in [3.8, 4) is 0 Å². The summed E-state index contributed by atoms with van der Waals surface area (Å²) in [7, 11) is -3.83. The number of aryl methyl sites for hydroxylation is 1. The van der Waals surface area contributed by atoms with E-state index < -0.39 is 14.9 Å². The zero-order valence-electron chi connectivity index (χ0n) is 15.6. The second-order valence-corrected chi connectivity index (χ2v) is 8.44. The van der Waals surface area contributed by atoms with Gasteiger partial charge in [0, 0.05) is 44.2 Å². The zero-order chi connectivity index (χ0) is 20.0. The predicted octanol–water partition coefficient (Wildman–Crippen LogP) is 1.03. The summed E-state index contributed by atoms with van der Waals surface area (Å²) in [5, 5.41) is 16.9. The van der Waals surface area contributed by atoms with Gasteiger partial charge in [0.05, 0.1) is 9.82 Å². The smallest absolute Gasteiger partial charge is 0.270 e. The molecule has 0 spiro atoms. The van der Waals surface area contributed by atoms with E-state index >= 15 is 0 Å². The van der Waals surface area contributed by atoms with Crippen LogP contribution in [0.1, 0.15) is 25.3 Å². The number of nitro benzene ring substituents is 1. The number of carbonyl (C=O) groups excluding carboxylic acids is 1. The molecule has 150 valence electrons. The maximum atomic E-state index is 12.9. The van der Waals surface area contributed by atoms with E-state index in [1.165, 1.54) is 16.4 Å². The van der Waals surface area contributed by atoms with E-state index in [4.69, 9.17) is 0 Å². The van der Waals surface area contributed by atoms with Crippen LogP contribution in [0.4, 0.5) is 5.69 Å². The third kappa shape index (κ3) is 5.24. The molecule has 2 N–H and O–H groups in total. The molecule has 0 atom stereocenters. The predicted molar refractivity (Wildman–Crippen MR) is 101 cm³/mol. The molecule has 0 aliphatic carbocycles. The van der Waals surface area contributed by atoms with Gasteiger partial charge in [0.2, 0.25) is 15.9 Å². The van der Waals surface area contributed by atoms with Crippen molar-refractivity contribution in [1.82, 2.24) is 14.9 Å². The van der Waals surface area contributed by atoms with Gasteiger partial charge in [0.15, 0.2) is 0 Å². The van der Waals surface area contributed by atoms with Crippen LogP contribution in [0.3, 0.4) is 0 Å². The van der Waals surface area contributed by atoms with Crippen molar-refractivity contribution in [3.63, 3.8) is 0 Å². The van der Waals surface area contributed by atoms with E-state index in [1.807, 2.05) is 6.92 Å². The van der Waals surface area contributed by atoms with Crippen molar-refractivity contribution in [2.75, 3.05) is 32.7 Å². The molecule has 2 rings (SSSR count). The van der Waals surface area contributed by atoms with Crippen molar-refractivity contribution < 1.29 is 18.1 Å². The number of hydrogen-bond donors (Lipinski definition) is 2. The van der Waals surface area contributed by atoms with Crippen LogP contribution in [0.5, 0.6) is 0 Å². The fourth-order valence-corrected chi connectivity index (χ4v) is 4.79. The van der Waals surface area contributed by atoms with Crippen LogP contribution < -0.4 is 10.6 Å². The number of benzene rings is 1. The lowest BCUT2D eigenvalue weighted by atomic mass is 9.97. The van der Waals surface area contributed by atoms with E-state index in [1.54, 1.807) is 6.92 Å². The lowest BCUT2D eigenvalue weighted by Crippen LogP contribution is -2.44. The molecular formula is C17H26N4O5S. The molecule has 10 heteroatoms. The molecule has 9 nitrogen and oxygen atoms in total. The summed E-state index contributed by atoms with van der Waals surface area (Å²) >= 11 is 0. The normalized spacial score (nSPS) is 16.2. The number of carbonyl (C=O) groups is 1. The number of rotatable bonds is 8. The molecule has 0 unspecified atom stereocenters. The largest absolute Gasteiger partial charge is 0.355 e. The first-order valence-corrected chi connectivity index (χ1v) is 10.4. The first-order valence-electron chi connectivity index (χ1n) is 9.01. The van der Waals surface area contributed by atoms with Crippen LogP contribution in [-0.2, 0) is 14.8 Å². The minimum Gasteiger partial charge on any atom is -0.355 e. The van der Waals surface area contributed by atoms with Gasteiger partial charge in [-0.05, 0) is 31.9 Å². The summed E-state index contributed by atoms with van der Waals surface area (Å²) in [6.45, 7) is 6.11. The molecule has 1 aromatic carbocycles. The Morgan fingerprint density at radius 3 is 2.56 bits per heavy atom. The Balaban J connectivity index is 2.01. The fraction of sp³-hybridized carbons (Fsp3) is 0.588. The van der Waals surface area contributed by atoms with Crippen LogP contribution >= 0.6 is 0 Å². The second-order valence-electron chi connectivity index (χ2n) is 6.53. The topological polar surface area (TPSA) is 122 Å². The molecule has 0 saturated carbocycles. The Bertz CT molecular complexity index is 789. The zero-order valence-corrected chi connectivity index (χ0v) is 16.4. The molecule has 1 fully saturated rings. The Morgan fingerprint density at radius 2 is 1.96 bits per heavy atom. The lowest BCUT2D eigenvalue weighted by Gasteiger charge is -2.30. The number of non-ortho nitro benzene ring substituents is 1. The Morgan fingerprint density at radius 1 is 1.30 bits per heavy atom. The number of amides is 1. The van der Waals surface area contributed by atoms with Crippen molar-refractivity contribution in [2.24, 2.45) is 5.92 Å². The average Bonchev–Trinajstić information content (AvgIpc) is 2.65. The number of sulfonamides is 1. The van der Waals surface area contributed by atoms with E-state index in [9.17, 15) is 23.3 Å². The van der Waals surface area contributed by atoms with Crippen LogP contribution in [-0.4, -0.2) is 56.3 Å². The number of nitrogens with one attached hydrogen (secondary N) is 2. The number of nitrogens with zero attached hydrogens (tertiary/aromatic N) is 2. The van der Waals surface area contributed by atoms with Crippen molar-refractivity contribution in [3.05, 3.63) is 33.9 Å². The minimum absolute atomic E-state index is 0.0507. The highest BCUT2D eigenvalue weighted by atomic mass is 32.2. The summed E-state index contributed by atoms with van der Waals surface area (Å²) in [5.74, 6) is -0.277. The van der Waals surface area contributed by atoms with Crippen molar-refractivity contribution in [1.29, 1.82) is 0 Å². The second kappa shape index (κ2) is 9.25. The fourth-order valence-electron chi connectivity index (χ4n) is 3.07. The van der Waals surface area contributed by atoms with Crippen LogP contribution in [0.2, 0.25) is 0 Å². The van der Waals surface area contributed by atoms with Gasteiger partial charge in [-0.3, -0.25) is 14.9 Å². The van der Waals surface area contributed by atoms with E-state index in [2.05, 4.69) is 10.6 Å². The van der Waals surface area contributed by atoms with Crippen LogP contribution in [0.25, 0.3) is 0 Å². The minimum atomic E-state index is -3.83. The highest BCUT2D eigenvalue weighted by molar-refractivity contribution is 7.89. The van der Waals surface area contributed by atoms with E-state index in [-0.39, 0.29) is 35.5 Å².